The first-order chi connectivity index (χ1) is 7.58. The maximum Gasteiger partial charge on any atom is 0.412 e. The zero-order valence-corrected chi connectivity index (χ0v) is 9.03. The molecule has 6 heteroatoms. The van der Waals surface area contributed by atoms with Gasteiger partial charge < -0.3 is 15.2 Å². The Morgan fingerprint density at radius 2 is 1.94 bits per heavy atom. The smallest absolute Gasteiger partial charge is 0.412 e. The molecule has 1 aromatic rings. The van der Waals surface area contributed by atoms with E-state index in [1.54, 1.807) is 24.3 Å². The van der Waals surface area contributed by atoms with Gasteiger partial charge in [0.1, 0.15) is 5.75 Å². The molecule has 0 heterocycles. The maximum atomic E-state index is 11.1. The lowest BCUT2D eigenvalue weighted by molar-refractivity contribution is -0.136. The fraction of sp³-hybridized carbons (Fsp3) is 0.200. The zero-order valence-electron chi connectivity index (χ0n) is 8.27. The first-order valence-corrected chi connectivity index (χ1v) is 4.89. The lowest BCUT2D eigenvalue weighted by atomic mass is 10.3. The Morgan fingerprint density at radius 3 is 2.50 bits per heavy atom. The van der Waals surface area contributed by atoms with E-state index >= 15 is 0 Å². The summed E-state index contributed by atoms with van der Waals surface area (Å²) in [6, 6.07) is 6.25. The number of ether oxygens (including phenoxy) is 1. The van der Waals surface area contributed by atoms with Crippen molar-refractivity contribution in [2.24, 2.45) is 0 Å². The van der Waals surface area contributed by atoms with Crippen molar-refractivity contribution in [3.05, 3.63) is 29.3 Å². The quantitative estimate of drug-likeness (QED) is 0.847. The topological polar surface area (TPSA) is 75.6 Å². The van der Waals surface area contributed by atoms with Crippen molar-refractivity contribution >= 4 is 23.7 Å². The normalized spacial score (nSPS) is 9.56. The Morgan fingerprint density at radius 1 is 1.31 bits per heavy atom. The summed E-state index contributed by atoms with van der Waals surface area (Å²) in [6.45, 7) is 0.0295. The number of carbonyl (C=O) groups excluding carboxylic acids is 1. The monoisotopic (exact) mass is 243 g/mol. The average molecular weight is 244 g/mol. The van der Waals surface area contributed by atoms with Crippen LogP contribution in [0.2, 0.25) is 5.02 Å². The van der Waals surface area contributed by atoms with Gasteiger partial charge in [-0.3, -0.25) is 4.79 Å². The van der Waals surface area contributed by atoms with E-state index in [4.69, 9.17) is 21.4 Å². The Labute approximate surface area is 97.0 Å². The van der Waals surface area contributed by atoms with Crippen LogP contribution >= 0.6 is 11.6 Å². The van der Waals surface area contributed by atoms with E-state index in [-0.39, 0.29) is 13.0 Å². The number of halogens is 1. The molecule has 0 unspecified atom stereocenters. The standard InChI is InChI=1S/C10H10ClNO4/c11-7-1-3-8(4-2-7)16-10(15)12-6-5-9(13)14/h1-4H,5-6H2,(H,12,15)(H,13,14). The van der Waals surface area contributed by atoms with Gasteiger partial charge in [-0.1, -0.05) is 11.6 Å². The lowest BCUT2D eigenvalue weighted by Crippen LogP contribution is -2.28. The van der Waals surface area contributed by atoms with Crippen LogP contribution in [-0.4, -0.2) is 23.7 Å². The van der Waals surface area contributed by atoms with Gasteiger partial charge in [0.15, 0.2) is 0 Å². The predicted molar refractivity (Wildman–Crippen MR) is 57.7 cm³/mol. The molecule has 0 atom stereocenters. The summed E-state index contributed by atoms with van der Waals surface area (Å²) in [5, 5.41) is 11.2. The molecule has 0 fully saturated rings. The molecule has 1 aromatic carbocycles. The first-order valence-electron chi connectivity index (χ1n) is 4.51. The second-order valence-electron chi connectivity index (χ2n) is 2.91. The third-order valence-electron chi connectivity index (χ3n) is 1.63. The average Bonchev–Trinajstić information content (AvgIpc) is 2.21. The highest BCUT2D eigenvalue weighted by atomic mass is 35.5. The second kappa shape index (κ2) is 5.97. The Bertz CT molecular complexity index is 377. The van der Waals surface area contributed by atoms with Crippen molar-refractivity contribution < 1.29 is 19.4 Å². The number of amides is 1. The molecule has 0 aliphatic rings. The summed E-state index contributed by atoms with van der Waals surface area (Å²) in [4.78, 5) is 21.3. The van der Waals surface area contributed by atoms with Gasteiger partial charge in [-0.2, -0.15) is 0 Å². The Balaban J connectivity index is 2.34. The van der Waals surface area contributed by atoms with Crippen LogP contribution in [0.4, 0.5) is 4.79 Å². The van der Waals surface area contributed by atoms with Crippen molar-refractivity contribution in [1.29, 1.82) is 0 Å². The van der Waals surface area contributed by atoms with Gasteiger partial charge in [-0.05, 0) is 24.3 Å². The summed E-state index contributed by atoms with van der Waals surface area (Å²) in [7, 11) is 0. The van der Waals surface area contributed by atoms with Crippen molar-refractivity contribution in [3.8, 4) is 5.75 Å². The number of rotatable bonds is 4. The molecule has 16 heavy (non-hydrogen) atoms. The van der Waals surface area contributed by atoms with Gasteiger partial charge in [-0.25, -0.2) is 4.79 Å². The van der Waals surface area contributed by atoms with Crippen LogP contribution in [0.15, 0.2) is 24.3 Å². The molecule has 86 valence electrons. The lowest BCUT2D eigenvalue weighted by Gasteiger charge is -2.05. The van der Waals surface area contributed by atoms with E-state index in [9.17, 15) is 9.59 Å². The third kappa shape index (κ3) is 4.65. The second-order valence-corrected chi connectivity index (χ2v) is 3.35. The molecule has 0 spiro atoms. The summed E-state index contributed by atoms with van der Waals surface area (Å²) < 4.78 is 4.85. The van der Waals surface area contributed by atoms with E-state index in [0.717, 1.165) is 0 Å². The van der Waals surface area contributed by atoms with Crippen LogP contribution in [-0.2, 0) is 4.79 Å². The predicted octanol–water partition coefficient (Wildman–Crippen LogP) is 1.90. The molecule has 1 rings (SSSR count). The van der Waals surface area contributed by atoms with E-state index in [2.05, 4.69) is 5.32 Å². The van der Waals surface area contributed by atoms with Gasteiger partial charge in [-0.15, -0.1) is 0 Å². The third-order valence-corrected chi connectivity index (χ3v) is 1.88. The van der Waals surface area contributed by atoms with Gasteiger partial charge in [0.2, 0.25) is 0 Å². The highest BCUT2D eigenvalue weighted by Gasteiger charge is 2.04. The fourth-order valence-electron chi connectivity index (χ4n) is 0.917. The molecule has 2 N–H and O–H groups in total. The highest BCUT2D eigenvalue weighted by Crippen LogP contribution is 2.15. The molecule has 0 aliphatic heterocycles. The van der Waals surface area contributed by atoms with E-state index in [1.165, 1.54) is 0 Å². The van der Waals surface area contributed by atoms with Gasteiger partial charge in [0.25, 0.3) is 0 Å². The molecule has 0 aliphatic carbocycles. The minimum absolute atomic E-state index is 0.0295. The van der Waals surface area contributed by atoms with Gasteiger partial charge >= 0.3 is 12.1 Å². The van der Waals surface area contributed by atoms with Crippen LogP contribution < -0.4 is 10.1 Å². The first kappa shape index (κ1) is 12.3. The number of hydrogen-bond acceptors (Lipinski definition) is 3. The van der Waals surface area contributed by atoms with Gasteiger partial charge in [0.05, 0.1) is 6.42 Å². The molecule has 1 amide bonds. The van der Waals surface area contributed by atoms with Crippen LogP contribution in [0.25, 0.3) is 0 Å². The number of hydrogen-bond donors (Lipinski definition) is 2. The molecule has 0 saturated carbocycles. The number of carboxylic acid groups (broad SMARTS) is 1. The number of benzene rings is 1. The van der Waals surface area contributed by atoms with Crippen LogP contribution in [0.5, 0.6) is 5.75 Å². The molecular formula is C10H10ClNO4. The summed E-state index contributed by atoms with van der Waals surface area (Å²) in [5.74, 6) is -0.635. The summed E-state index contributed by atoms with van der Waals surface area (Å²) >= 11 is 5.65. The van der Waals surface area contributed by atoms with Crippen LogP contribution in [0, 0.1) is 0 Å². The number of carbonyl (C=O) groups is 2. The minimum atomic E-state index is -0.980. The Kier molecular flexibility index (Phi) is 4.60. The van der Waals surface area contributed by atoms with Gasteiger partial charge in [0, 0.05) is 11.6 Å². The molecule has 0 aromatic heterocycles. The minimum Gasteiger partial charge on any atom is -0.481 e. The Hall–Kier alpha value is -1.75. The van der Waals surface area contributed by atoms with E-state index in [0.29, 0.717) is 10.8 Å². The van der Waals surface area contributed by atoms with Crippen molar-refractivity contribution in [2.45, 2.75) is 6.42 Å². The van der Waals surface area contributed by atoms with E-state index in [1.807, 2.05) is 0 Å². The molecule has 0 saturated heterocycles. The van der Waals surface area contributed by atoms with Crippen LogP contribution in [0.1, 0.15) is 6.42 Å². The fourth-order valence-corrected chi connectivity index (χ4v) is 1.04. The van der Waals surface area contributed by atoms with E-state index < -0.39 is 12.1 Å². The largest absolute Gasteiger partial charge is 0.481 e. The number of aliphatic carboxylic acids is 1. The highest BCUT2D eigenvalue weighted by molar-refractivity contribution is 6.30. The summed E-state index contributed by atoms with van der Waals surface area (Å²) in [6.07, 6.45) is -0.834. The van der Waals surface area contributed by atoms with Crippen molar-refractivity contribution in [2.75, 3.05) is 6.54 Å². The maximum absolute atomic E-state index is 11.1. The number of carboxylic acids is 1. The molecule has 5 nitrogen and oxygen atoms in total. The molecule has 0 bridgehead atoms. The summed E-state index contributed by atoms with van der Waals surface area (Å²) in [5.41, 5.74) is 0. The molecule has 0 radical (unpaired) electrons. The van der Waals surface area contributed by atoms with Crippen molar-refractivity contribution in [3.63, 3.8) is 0 Å². The van der Waals surface area contributed by atoms with Crippen molar-refractivity contribution in [1.82, 2.24) is 5.32 Å². The molecular weight excluding hydrogens is 234 g/mol. The van der Waals surface area contributed by atoms with Crippen LogP contribution in [0.3, 0.4) is 0 Å². The zero-order chi connectivity index (χ0) is 12.0. The number of nitrogens with one attached hydrogen (secondary N) is 1. The SMILES string of the molecule is O=C(O)CCNC(=O)Oc1ccc(Cl)cc1.